The van der Waals surface area contributed by atoms with Crippen LogP contribution in [0.1, 0.15) is 22.6 Å². The fourth-order valence-corrected chi connectivity index (χ4v) is 3.82. The Bertz CT molecular complexity index is 972. The zero-order valence-corrected chi connectivity index (χ0v) is 15.5. The molecule has 3 aromatic carbocycles. The average molecular weight is 381 g/mol. The van der Waals surface area contributed by atoms with E-state index in [4.69, 9.17) is 11.6 Å². The van der Waals surface area contributed by atoms with E-state index in [2.05, 4.69) is 0 Å². The molecule has 1 aliphatic rings. The van der Waals surface area contributed by atoms with Gasteiger partial charge in [0.1, 0.15) is 5.82 Å². The van der Waals surface area contributed by atoms with Gasteiger partial charge in [-0.3, -0.25) is 4.79 Å². The molecule has 4 rings (SSSR count). The van der Waals surface area contributed by atoms with E-state index in [0.29, 0.717) is 10.6 Å². The molecule has 136 valence electrons. The third kappa shape index (κ3) is 3.11. The maximum atomic E-state index is 14.2. The Morgan fingerprint density at radius 2 is 1.70 bits per heavy atom. The van der Waals surface area contributed by atoms with Gasteiger partial charge in [0.05, 0.1) is 11.6 Å². The number of amides is 1. The van der Waals surface area contributed by atoms with Crippen LogP contribution in [0.4, 0.5) is 10.1 Å². The monoisotopic (exact) mass is 380 g/mol. The summed E-state index contributed by atoms with van der Waals surface area (Å²) in [5.74, 6) is -0.813. The van der Waals surface area contributed by atoms with Crippen molar-refractivity contribution in [3.05, 3.63) is 100 Å². The second-order valence-corrected chi connectivity index (χ2v) is 6.98. The van der Waals surface area contributed by atoms with Gasteiger partial charge >= 0.3 is 0 Å². The predicted molar refractivity (Wildman–Crippen MR) is 105 cm³/mol. The maximum Gasteiger partial charge on any atom is 0.253 e. The minimum atomic E-state index is -0.381. The molecular weight excluding hydrogens is 363 g/mol. The first kappa shape index (κ1) is 17.7. The molecule has 0 saturated carbocycles. The molecule has 0 aromatic heterocycles. The van der Waals surface area contributed by atoms with E-state index in [0.717, 1.165) is 16.8 Å². The number of halogens is 2. The summed E-state index contributed by atoms with van der Waals surface area (Å²) >= 11 is 6.17. The molecule has 1 unspecified atom stereocenters. The molecule has 27 heavy (non-hydrogen) atoms. The number of hydrogen-bond acceptors (Lipinski definition) is 2. The Kier molecular flexibility index (Phi) is 4.68. The molecule has 1 atom stereocenters. The molecule has 3 nitrogen and oxygen atoms in total. The van der Waals surface area contributed by atoms with Crippen molar-refractivity contribution in [2.75, 3.05) is 12.1 Å². The zero-order chi connectivity index (χ0) is 19.0. The van der Waals surface area contributed by atoms with Crippen LogP contribution in [0.25, 0.3) is 0 Å². The molecule has 0 N–H and O–H groups in total. The Morgan fingerprint density at radius 1 is 1.00 bits per heavy atom. The standard InChI is InChI=1S/C22H18ClFN2O/c1-25(14-17-18(23)11-7-12-19(17)24)26-20-13-6-5-10-16(20)21(22(26)27)15-8-3-2-4-9-15/h2-13,21H,14H2,1H3. The largest absolute Gasteiger partial charge is 0.272 e. The van der Waals surface area contributed by atoms with Crippen LogP contribution >= 0.6 is 11.6 Å². The van der Waals surface area contributed by atoms with Crippen molar-refractivity contribution in [2.45, 2.75) is 12.5 Å². The highest BCUT2D eigenvalue weighted by Crippen LogP contribution is 2.41. The quantitative estimate of drug-likeness (QED) is 0.635. The lowest BCUT2D eigenvalue weighted by Crippen LogP contribution is -2.42. The number of para-hydroxylation sites is 1. The van der Waals surface area contributed by atoms with Crippen LogP contribution in [-0.4, -0.2) is 18.0 Å². The van der Waals surface area contributed by atoms with Gasteiger partial charge < -0.3 is 0 Å². The molecule has 3 aromatic rings. The van der Waals surface area contributed by atoms with E-state index in [1.807, 2.05) is 54.6 Å². The van der Waals surface area contributed by atoms with E-state index in [9.17, 15) is 9.18 Å². The lowest BCUT2D eigenvalue weighted by Gasteiger charge is -2.29. The summed E-state index contributed by atoms with van der Waals surface area (Å²) in [7, 11) is 1.77. The molecule has 0 radical (unpaired) electrons. The first-order chi connectivity index (χ1) is 13.1. The van der Waals surface area contributed by atoms with Gasteiger partial charge in [-0.1, -0.05) is 66.2 Å². The minimum absolute atomic E-state index is 0.0580. The van der Waals surface area contributed by atoms with Gasteiger partial charge in [0.25, 0.3) is 5.91 Å². The van der Waals surface area contributed by atoms with Gasteiger partial charge in [0.2, 0.25) is 0 Å². The number of hydrazine groups is 1. The van der Waals surface area contributed by atoms with E-state index < -0.39 is 0 Å². The average Bonchev–Trinajstić information content (AvgIpc) is 2.97. The van der Waals surface area contributed by atoms with Crippen molar-refractivity contribution in [3.63, 3.8) is 0 Å². The van der Waals surface area contributed by atoms with Crippen LogP contribution in [-0.2, 0) is 11.3 Å². The van der Waals surface area contributed by atoms with Crippen molar-refractivity contribution in [1.29, 1.82) is 0 Å². The highest BCUT2D eigenvalue weighted by Gasteiger charge is 2.40. The fourth-order valence-electron chi connectivity index (χ4n) is 3.60. The van der Waals surface area contributed by atoms with Gasteiger partial charge in [-0.25, -0.2) is 14.4 Å². The van der Waals surface area contributed by atoms with Crippen molar-refractivity contribution < 1.29 is 9.18 Å². The number of hydrogen-bond donors (Lipinski definition) is 0. The molecule has 0 spiro atoms. The number of rotatable bonds is 4. The second-order valence-electron chi connectivity index (χ2n) is 6.57. The first-order valence-corrected chi connectivity index (χ1v) is 9.07. The van der Waals surface area contributed by atoms with Gasteiger partial charge in [0.15, 0.2) is 0 Å². The lowest BCUT2D eigenvalue weighted by atomic mass is 9.93. The fraction of sp³-hybridized carbons (Fsp3) is 0.136. The van der Waals surface area contributed by atoms with Crippen LogP contribution in [0.2, 0.25) is 5.02 Å². The molecule has 1 heterocycles. The van der Waals surface area contributed by atoms with Gasteiger partial charge in [-0.05, 0) is 29.3 Å². The summed E-state index contributed by atoms with van der Waals surface area (Å²) in [6.07, 6.45) is 0. The van der Waals surface area contributed by atoms with Gasteiger partial charge in [-0.2, -0.15) is 0 Å². The number of anilines is 1. The van der Waals surface area contributed by atoms with Crippen molar-refractivity contribution in [1.82, 2.24) is 5.01 Å². The smallest absolute Gasteiger partial charge is 0.253 e. The van der Waals surface area contributed by atoms with E-state index in [1.165, 1.54) is 6.07 Å². The minimum Gasteiger partial charge on any atom is -0.272 e. The number of carbonyl (C=O) groups is 1. The molecule has 0 saturated heterocycles. The molecular formula is C22H18ClFN2O. The number of nitrogens with zero attached hydrogens (tertiary/aromatic N) is 2. The first-order valence-electron chi connectivity index (χ1n) is 8.69. The summed E-state index contributed by atoms with van der Waals surface area (Å²) in [5, 5.41) is 3.69. The normalized spacial score (nSPS) is 16.1. The van der Waals surface area contributed by atoms with E-state index in [-0.39, 0.29) is 24.2 Å². The van der Waals surface area contributed by atoms with E-state index >= 15 is 0 Å². The molecule has 0 aliphatic carbocycles. The van der Waals surface area contributed by atoms with Gasteiger partial charge in [0, 0.05) is 24.2 Å². The summed E-state index contributed by atoms with van der Waals surface area (Å²) < 4.78 is 14.2. The zero-order valence-electron chi connectivity index (χ0n) is 14.8. The summed E-state index contributed by atoms with van der Waals surface area (Å²) in [6, 6.07) is 22.0. The van der Waals surface area contributed by atoms with Crippen LogP contribution in [0.5, 0.6) is 0 Å². The SMILES string of the molecule is CN(Cc1c(F)cccc1Cl)N1C(=O)C(c2ccccc2)c2ccccc21. The Morgan fingerprint density at radius 3 is 2.44 bits per heavy atom. The molecule has 1 aliphatic heterocycles. The van der Waals surface area contributed by atoms with Crippen LogP contribution < -0.4 is 5.01 Å². The summed E-state index contributed by atoms with van der Waals surface area (Å²) in [6.45, 7) is 0.188. The molecule has 0 fully saturated rings. The number of carbonyl (C=O) groups excluding carboxylic acids is 1. The van der Waals surface area contributed by atoms with Crippen LogP contribution in [0.3, 0.4) is 0 Å². The third-order valence-electron chi connectivity index (χ3n) is 4.85. The highest BCUT2D eigenvalue weighted by molar-refractivity contribution is 6.31. The van der Waals surface area contributed by atoms with Crippen molar-refractivity contribution in [2.24, 2.45) is 0 Å². The Labute approximate surface area is 162 Å². The maximum absolute atomic E-state index is 14.2. The van der Waals surface area contributed by atoms with Crippen molar-refractivity contribution in [3.8, 4) is 0 Å². The van der Waals surface area contributed by atoms with Crippen molar-refractivity contribution >= 4 is 23.2 Å². The van der Waals surface area contributed by atoms with Crippen LogP contribution in [0, 0.1) is 5.82 Å². The molecule has 5 heteroatoms. The summed E-state index contributed by atoms with van der Waals surface area (Å²) in [5.41, 5.74) is 3.07. The topological polar surface area (TPSA) is 23.6 Å². The molecule has 0 bridgehead atoms. The van der Waals surface area contributed by atoms with Gasteiger partial charge in [-0.15, -0.1) is 0 Å². The predicted octanol–water partition coefficient (Wildman–Crippen LogP) is 5.00. The molecule has 1 amide bonds. The van der Waals surface area contributed by atoms with E-state index in [1.54, 1.807) is 29.2 Å². The highest BCUT2D eigenvalue weighted by atomic mass is 35.5. The van der Waals surface area contributed by atoms with Crippen LogP contribution in [0.15, 0.2) is 72.8 Å². The number of fused-ring (bicyclic) bond motifs is 1. The number of benzene rings is 3. The second kappa shape index (κ2) is 7.14. The third-order valence-corrected chi connectivity index (χ3v) is 5.21. The Hall–Kier alpha value is -2.69. The lowest BCUT2D eigenvalue weighted by molar-refractivity contribution is -0.121. The summed E-state index contributed by atoms with van der Waals surface area (Å²) in [4.78, 5) is 13.3. The Balaban J connectivity index is 1.72.